The van der Waals surface area contributed by atoms with Gasteiger partial charge in [0.05, 0.1) is 12.2 Å². The summed E-state index contributed by atoms with van der Waals surface area (Å²) in [6, 6.07) is 13.6. The van der Waals surface area contributed by atoms with E-state index >= 15 is 0 Å². The minimum atomic E-state index is -4.47. The van der Waals surface area contributed by atoms with E-state index in [1.807, 2.05) is 30.3 Å². The molecule has 25 heavy (non-hydrogen) atoms. The van der Waals surface area contributed by atoms with Crippen LogP contribution in [0.25, 0.3) is 0 Å². The van der Waals surface area contributed by atoms with Crippen LogP contribution >= 0.6 is 0 Å². The van der Waals surface area contributed by atoms with Gasteiger partial charge in [-0.05, 0) is 23.8 Å². The molecule has 7 heteroatoms. The molecule has 4 nitrogen and oxygen atoms in total. The maximum absolute atomic E-state index is 12.9. The summed E-state index contributed by atoms with van der Waals surface area (Å²) in [4.78, 5) is 13.5. The molecular weight excluding hydrogens is 333 g/mol. The van der Waals surface area contributed by atoms with Crippen LogP contribution in [-0.4, -0.2) is 18.8 Å². The van der Waals surface area contributed by atoms with Crippen LogP contribution in [0.3, 0.4) is 0 Å². The summed E-state index contributed by atoms with van der Waals surface area (Å²) < 4.78 is 44.7. The molecule has 0 radical (unpaired) electrons. The van der Waals surface area contributed by atoms with Crippen molar-refractivity contribution in [1.29, 1.82) is 0 Å². The Labute approximate surface area is 143 Å². The number of hydrogen-bond donors (Lipinski definition) is 1. The highest BCUT2D eigenvalue weighted by Crippen LogP contribution is 2.33. The van der Waals surface area contributed by atoms with Gasteiger partial charge in [-0.25, -0.2) is 4.79 Å². The van der Waals surface area contributed by atoms with Gasteiger partial charge in [0.2, 0.25) is 0 Å². The fourth-order valence-electron chi connectivity index (χ4n) is 2.69. The number of carbonyl (C=O) groups is 1. The summed E-state index contributed by atoms with van der Waals surface area (Å²) >= 11 is 0. The molecule has 1 unspecified atom stereocenters. The molecule has 1 atom stereocenters. The van der Waals surface area contributed by atoms with Gasteiger partial charge in [-0.1, -0.05) is 36.4 Å². The molecule has 0 aromatic heterocycles. The quantitative estimate of drug-likeness (QED) is 0.899. The molecule has 1 aliphatic rings. The lowest BCUT2D eigenvalue weighted by Gasteiger charge is -2.36. The molecule has 0 bridgehead atoms. The number of nitrogens with one attached hydrogen (secondary N) is 1. The standard InChI is InChI=1S/C18H17F3N2O2/c19-18(20,21)14-7-4-8-15(11-14)23-16(9-10-22-17(23)24)25-12-13-5-2-1-3-6-13/h1-8,11,16H,9-10,12H2,(H,22,24). The maximum Gasteiger partial charge on any atom is 0.416 e. The van der Waals surface area contributed by atoms with Gasteiger partial charge in [0, 0.05) is 18.7 Å². The summed E-state index contributed by atoms with van der Waals surface area (Å²) in [5.74, 6) is 0. The van der Waals surface area contributed by atoms with Gasteiger partial charge in [-0.2, -0.15) is 13.2 Å². The molecule has 1 aliphatic heterocycles. The van der Waals surface area contributed by atoms with Crippen LogP contribution in [0.2, 0.25) is 0 Å². The lowest BCUT2D eigenvalue weighted by Crippen LogP contribution is -2.53. The van der Waals surface area contributed by atoms with Crippen LogP contribution in [-0.2, 0) is 17.5 Å². The monoisotopic (exact) mass is 350 g/mol. The molecule has 0 saturated carbocycles. The molecule has 2 amide bonds. The van der Waals surface area contributed by atoms with Crippen LogP contribution in [0.15, 0.2) is 54.6 Å². The van der Waals surface area contributed by atoms with Crippen LogP contribution in [0.1, 0.15) is 17.5 Å². The number of benzene rings is 2. The van der Waals surface area contributed by atoms with E-state index < -0.39 is 24.0 Å². The lowest BCUT2D eigenvalue weighted by molar-refractivity contribution is -0.137. The molecular formula is C18H17F3N2O2. The van der Waals surface area contributed by atoms with E-state index in [0.717, 1.165) is 17.7 Å². The number of alkyl halides is 3. The Kier molecular flexibility index (Phi) is 4.94. The minimum absolute atomic E-state index is 0.157. The molecule has 0 spiro atoms. The highest BCUT2D eigenvalue weighted by molar-refractivity contribution is 5.93. The number of halogens is 3. The van der Waals surface area contributed by atoms with E-state index in [4.69, 9.17) is 4.74 Å². The number of urea groups is 1. The topological polar surface area (TPSA) is 41.6 Å². The third kappa shape index (κ3) is 4.11. The Balaban J connectivity index is 1.82. The van der Waals surface area contributed by atoms with Crippen molar-refractivity contribution in [3.63, 3.8) is 0 Å². The predicted molar refractivity (Wildman–Crippen MR) is 87.0 cm³/mol. The minimum Gasteiger partial charge on any atom is -0.353 e. The first-order valence-electron chi connectivity index (χ1n) is 7.85. The Hall–Kier alpha value is -2.54. The van der Waals surface area contributed by atoms with Crippen LogP contribution in [0.5, 0.6) is 0 Å². The second-order valence-corrected chi connectivity index (χ2v) is 5.69. The van der Waals surface area contributed by atoms with Gasteiger partial charge in [0.15, 0.2) is 0 Å². The summed E-state index contributed by atoms with van der Waals surface area (Å²) in [6.45, 7) is 0.683. The van der Waals surface area contributed by atoms with Gasteiger partial charge in [-0.15, -0.1) is 0 Å². The van der Waals surface area contributed by atoms with Crippen molar-refractivity contribution in [2.45, 2.75) is 25.4 Å². The van der Waals surface area contributed by atoms with Crippen molar-refractivity contribution in [2.75, 3.05) is 11.4 Å². The fraction of sp³-hybridized carbons (Fsp3) is 0.278. The molecule has 2 aromatic carbocycles. The zero-order chi connectivity index (χ0) is 17.9. The van der Waals surface area contributed by atoms with Crippen LogP contribution in [0, 0.1) is 0 Å². The molecule has 1 fully saturated rings. The molecule has 0 aliphatic carbocycles. The summed E-state index contributed by atoms with van der Waals surface area (Å²) in [7, 11) is 0. The van der Waals surface area contributed by atoms with Crippen molar-refractivity contribution in [1.82, 2.24) is 5.32 Å². The zero-order valence-electron chi connectivity index (χ0n) is 13.3. The number of rotatable bonds is 4. The third-order valence-electron chi connectivity index (χ3n) is 3.91. The van der Waals surface area contributed by atoms with Crippen molar-refractivity contribution in [2.24, 2.45) is 0 Å². The molecule has 1 saturated heterocycles. The van der Waals surface area contributed by atoms with Crippen molar-refractivity contribution >= 4 is 11.7 Å². The fourth-order valence-corrected chi connectivity index (χ4v) is 2.69. The second-order valence-electron chi connectivity index (χ2n) is 5.69. The zero-order valence-corrected chi connectivity index (χ0v) is 13.3. The largest absolute Gasteiger partial charge is 0.416 e. The molecule has 1 N–H and O–H groups in total. The van der Waals surface area contributed by atoms with E-state index in [9.17, 15) is 18.0 Å². The Morgan fingerprint density at radius 1 is 1.12 bits per heavy atom. The van der Waals surface area contributed by atoms with E-state index in [-0.39, 0.29) is 12.3 Å². The van der Waals surface area contributed by atoms with Gasteiger partial charge >= 0.3 is 12.2 Å². The number of carbonyl (C=O) groups excluding carboxylic acids is 1. The third-order valence-corrected chi connectivity index (χ3v) is 3.91. The number of hydrogen-bond acceptors (Lipinski definition) is 2. The predicted octanol–water partition coefficient (Wildman–Crippen LogP) is 4.17. The average molecular weight is 350 g/mol. The Morgan fingerprint density at radius 2 is 1.88 bits per heavy atom. The molecule has 1 heterocycles. The van der Waals surface area contributed by atoms with Crippen molar-refractivity contribution < 1.29 is 22.7 Å². The molecule has 132 valence electrons. The summed E-state index contributed by atoms with van der Waals surface area (Å²) in [6.07, 6.45) is -4.62. The smallest absolute Gasteiger partial charge is 0.353 e. The number of ether oxygens (including phenoxy) is 1. The van der Waals surface area contributed by atoms with Gasteiger partial charge in [0.1, 0.15) is 6.23 Å². The molecule has 3 rings (SSSR count). The molecule has 2 aromatic rings. The van der Waals surface area contributed by atoms with E-state index in [1.165, 1.54) is 17.0 Å². The van der Waals surface area contributed by atoms with Gasteiger partial charge in [-0.3, -0.25) is 4.90 Å². The van der Waals surface area contributed by atoms with Gasteiger partial charge in [0.25, 0.3) is 0 Å². The van der Waals surface area contributed by atoms with E-state index in [2.05, 4.69) is 5.32 Å². The van der Waals surface area contributed by atoms with Crippen molar-refractivity contribution in [3.05, 3.63) is 65.7 Å². The summed E-state index contributed by atoms with van der Waals surface area (Å²) in [5, 5.41) is 2.64. The highest BCUT2D eigenvalue weighted by Gasteiger charge is 2.34. The number of anilines is 1. The van der Waals surface area contributed by atoms with Crippen LogP contribution < -0.4 is 10.2 Å². The second kappa shape index (κ2) is 7.14. The van der Waals surface area contributed by atoms with Crippen LogP contribution in [0.4, 0.5) is 23.7 Å². The van der Waals surface area contributed by atoms with E-state index in [0.29, 0.717) is 13.0 Å². The first-order chi connectivity index (χ1) is 11.9. The average Bonchev–Trinajstić information content (AvgIpc) is 2.60. The lowest BCUT2D eigenvalue weighted by atomic mass is 10.1. The summed E-state index contributed by atoms with van der Waals surface area (Å²) in [5.41, 5.74) is 0.285. The van der Waals surface area contributed by atoms with Crippen molar-refractivity contribution in [3.8, 4) is 0 Å². The SMILES string of the molecule is O=C1NCCC(OCc2ccccc2)N1c1cccc(C(F)(F)F)c1. The number of amides is 2. The maximum atomic E-state index is 12.9. The van der Waals surface area contributed by atoms with Gasteiger partial charge < -0.3 is 10.1 Å². The Bertz CT molecular complexity index is 735. The first-order valence-corrected chi connectivity index (χ1v) is 7.85. The van der Waals surface area contributed by atoms with E-state index in [1.54, 1.807) is 0 Å². The normalized spacial score (nSPS) is 18.1. The Morgan fingerprint density at radius 3 is 2.60 bits per heavy atom. The number of nitrogens with zero attached hydrogens (tertiary/aromatic N) is 1. The first kappa shape index (κ1) is 17.3. The highest BCUT2D eigenvalue weighted by atomic mass is 19.4.